The van der Waals surface area contributed by atoms with Gasteiger partial charge in [0, 0.05) is 29.1 Å². The van der Waals surface area contributed by atoms with Crippen LogP contribution in [0.15, 0.2) is 54.6 Å². The number of piperazine rings is 1. The number of carbonyl (C=O) groups excluding carboxylic acids is 2. The Morgan fingerprint density at radius 3 is 2.50 bits per heavy atom. The van der Waals surface area contributed by atoms with Gasteiger partial charge in [0.15, 0.2) is 0 Å². The molecule has 0 radical (unpaired) electrons. The van der Waals surface area contributed by atoms with E-state index in [2.05, 4.69) is 47.4 Å². The summed E-state index contributed by atoms with van der Waals surface area (Å²) >= 11 is 0. The van der Waals surface area contributed by atoms with Crippen molar-refractivity contribution in [3.63, 3.8) is 0 Å². The van der Waals surface area contributed by atoms with E-state index in [9.17, 15) is 9.59 Å². The van der Waals surface area contributed by atoms with E-state index in [4.69, 9.17) is 0 Å². The number of para-hydroxylation sites is 1. The fourth-order valence-electron chi connectivity index (χ4n) is 6.18. The van der Waals surface area contributed by atoms with Crippen LogP contribution in [0.3, 0.4) is 0 Å². The largest absolute Gasteiger partial charge is 0.356 e. The van der Waals surface area contributed by atoms with E-state index in [1.807, 2.05) is 21.9 Å². The molecule has 2 unspecified atom stereocenters. The van der Waals surface area contributed by atoms with Gasteiger partial charge in [0.25, 0.3) is 0 Å². The second kappa shape index (κ2) is 7.80. The first-order valence-electron chi connectivity index (χ1n) is 12.0. The van der Waals surface area contributed by atoms with Crippen molar-refractivity contribution in [1.82, 2.24) is 14.8 Å². The van der Waals surface area contributed by atoms with Gasteiger partial charge in [0.05, 0.1) is 6.04 Å². The summed E-state index contributed by atoms with van der Waals surface area (Å²) in [7, 11) is 0. The second-order valence-corrected chi connectivity index (χ2v) is 9.53. The van der Waals surface area contributed by atoms with Crippen LogP contribution in [-0.4, -0.2) is 45.2 Å². The zero-order valence-electron chi connectivity index (χ0n) is 18.3. The minimum Gasteiger partial charge on any atom is -0.356 e. The van der Waals surface area contributed by atoms with Crippen molar-refractivity contribution in [1.29, 1.82) is 0 Å². The molecule has 164 valence electrons. The summed E-state index contributed by atoms with van der Waals surface area (Å²) in [5.74, 6) is 0.251. The van der Waals surface area contributed by atoms with Crippen LogP contribution < -0.4 is 0 Å². The van der Waals surface area contributed by atoms with Gasteiger partial charge in [-0.05, 0) is 42.9 Å². The van der Waals surface area contributed by atoms with E-state index >= 15 is 0 Å². The van der Waals surface area contributed by atoms with Crippen LogP contribution in [-0.2, 0) is 22.4 Å². The zero-order chi connectivity index (χ0) is 21.7. The molecule has 3 aromatic rings. The number of hydrogen-bond acceptors (Lipinski definition) is 2. The van der Waals surface area contributed by atoms with Crippen LogP contribution in [0.1, 0.15) is 55.0 Å². The molecule has 2 fully saturated rings. The molecule has 1 aromatic heterocycles. The quantitative estimate of drug-likeness (QED) is 0.672. The number of hydrogen-bond donors (Lipinski definition) is 1. The molecule has 2 amide bonds. The normalized spacial score (nSPS) is 23.6. The molecule has 6 rings (SSSR count). The first kappa shape index (κ1) is 19.6. The molecule has 5 heteroatoms. The highest BCUT2D eigenvalue weighted by Gasteiger charge is 2.48. The fraction of sp³-hybridized carbons (Fsp3) is 0.407. The predicted molar refractivity (Wildman–Crippen MR) is 124 cm³/mol. The average molecular weight is 428 g/mol. The first-order chi connectivity index (χ1) is 15.7. The summed E-state index contributed by atoms with van der Waals surface area (Å²) in [6, 6.07) is 18.5. The molecule has 32 heavy (non-hydrogen) atoms. The van der Waals surface area contributed by atoms with Gasteiger partial charge < -0.3 is 14.8 Å². The summed E-state index contributed by atoms with van der Waals surface area (Å²) in [5, 5.41) is 1.19. The summed E-state index contributed by atoms with van der Waals surface area (Å²) in [6.45, 7) is 0.234. The van der Waals surface area contributed by atoms with Crippen molar-refractivity contribution < 1.29 is 9.59 Å². The van der Waals surface area contributed by atoms with Crippen LogP contribution in [0, 0.1) is 0 Å². The molecule has 2 aliphatic heterocycles. The third kappa shape index (κ3) is 3.14. The third-order valence-corrected chi connectivity index (χ3v) is 7.73. The standard InChI is InChI=1S/C27H29N3O2/c31-25-17-29(19-10-4-5-11-19)27(32)24-16-21-20-12-6-7-13-22(20)28-26(21)23(30(24)25)15-14-18-8-2-1-3-9-18/h1-3,6-9,12-13,19,23-24,28H,4-5,10-11,14-17H2. The van der Waals surface area contributed by atoms with E-state index in [-0.39, 0.29) is 36.5 Å². The molecule has 1 saturated carbocycles. The highest BCUT2D eigenvalue weighted by molar-refractivity contribution is 5.97. The number of nitrogens with zero attached hydrogens (tertiary/aromatic N) is 2. The molecule has 5 nitrogen and oxygen atoms in total. The molecule has 2 atom stereocenters. The van der Waals surface area contributed by atoms with E-state index in [1.165, 1.54) is 16.5 Å². The van der Waals surface area contributed by atoms with Crippen molar-refractivity contribution in [2.45, 2.75) is 63.1 Å². The Kier molecular flexibility index (Phi) is 4.78. The van der Waals surface area contributed by atoms with Gasteiger partial charge in [-0.3, -0.25) is 9.59 Å². The minimum atomic E-state index is -0.385. The van der Waals surface area contributed by atoms with Crippen molar-refractivity contribution in [2.75, 3.05) is 6.54 Å². The van der Waals surface area contributed by atoms with Crippen molar-refractivity contribution in [3.8, 4) is 0 Å². The molecular weight excluding hydrogens is 398 g/mol. The summed E-state index contributed by atoms with van der Waals surface area (Å²) in [4.78, 5) is 34.7. The average Bonchev–Trinajstić information content (AvgIpc) is 3.48. The molecule has 0 bridgehead atoms. The third-order valence-electron chi connectivity index (χ3n) is 7.73. The van der Waals surface area contributed by atoms with Crippen LogP contribution in [0.4, 0.5) is 0 Å². The van der Waals surface area contributed by atoms with E-state index < -0.39 is 0 Å². The number of fused-ring (bicyclic) bond motifs is 4. The molecule has 0 spiro atoms. The number of nitrogens with one attached hydrogen (secondary N) is 1. The lowest BCUT2D eigenvalue weighted by atomic mass is 9.86. The SMILES string of the molecule is O=C1C2Cc3c([nH]c4ccccc34)C(CCc3ccccc3)N2C(=O)CN1C1CCCC1. The maximum atomic E-state index is 13.7. The predicted octanol–water partition coefficient (Wildman–Crippen LogP) is 4.38. The molecule has 1 N–H and O–H groups in total. The zero-order valence-corrected chi connectivity index (χ0v) is 18.3. The summed E-state index contributed by atoms with van der Waals surface area (Å²) in [5.41, 5.74) is 4.69. The van der Waals surface area contributed by atoms with Crippen LogP contribution in [0.2, 0.25) is 0 Å². The number of H-pyrrole nitrogens is 1. The van der Waals surface area contributed by atoms with Gasteiger partial charge >= 0.3 is 0 Å². The van der Waals surface area contributed by atoms with Crippen molar-refractivity contribution in [2.24, 2.45) is 0 Å². The Balaban J connectivity index is 1.40. The van der Waals surface area contributed by atoms with Gasteiger partial charge in [-0.2, -0.15) is 0 Å². The number of benzene rings is 2. The number of aryl methyl sites for hydroxylation is 1. The Labute approximate surface area is 188 Å². The van der Waals surface area contributed by atoms with Crippen molar-refractivity contribution >= 4 is 22.7 Å². The molecule has 2 aromatic carbocycles. The summed E-state index contributed by atoms with van der Waals surface area (Å²) in [6.07, 6.45) is 6.66. The van der Waals surface area contributed by atoms with Gasteiger partial charge in [-0.15, -0.1) is 0 Å². The van der Waals surface area contributed by atoms with Crippen LogP contribution >= 0.6 is 0 Å². The smallest absolute Gasteiger partial charge is 0.246 e. The number of aromatic amines is 1. The Morgan fingerprint density at radius 2 is 1.69 bits per heavy atom. The van der Waals surface area contributed by atoms with Gasteiger partial charge in [0.2, 0.25) is 11.8 Å². The van der Waals surface area contributed by atoms with Crippen LogP contribution in [0.5, 0.6) is 0 Å². The number of rotatable bonds is 4. The molecule has 3 aliphatic rings. The van der Waals surface area contributed by atoms with Crippen LogP contribution in [0.25, 0.3) is 10.9 Å². The van der Waals surface area contributed by atoms with E-state index in [0.717, 1.165) is 49.7 Å². The molecule has 3 heterocycles. The monoisotopic (exact) mass is 427 g/mol. The molecule has 1 saturated heterocycles. The van der Waals surface area contributed by atoms with Gasteiger partial charge in [0.1, 0.15) is 12.6 Å². The molecular formula is C27H29N3O2. The lowest BCUT2D eigenvalue weighted by molar-refractivity contribution is -0.162. The maximum Gasteiger partial charge on any atom is 0.246 e. The highest BCUT2D eigenvalue weighted by atomic mass is 16.2. The maximum absolute atomic E-state index is 13.7. The number of amides is 2. The Bertz CT molecular complexity index is 1160. The second-order valence-electron chi connectivity index (χ2n) is 9.53. The van der Waals surface area contributed by atoms with Gasteiger partial charge in [-0.25, -0.2) is 0 Å². The number of aromatic nitrogens is 1. The topological polar surface area (TPSA) is 56.4 Å². The summed E-state index contributed by atoms with van der Waals surface area (Å²) < 4.78 is 0. The highest BCUT2D eigenvalue weighted by Crippen LogP contribution is 2.42. The van der Waals surface area contributed by atoms with Crippen molar-refractivity contribution in [3.05, 3.63) is 71.4 Å². The lowest BCUT2D eigenvalue weighted by Gasteiger charge is -2.48. The Hall–Kier alpha value is -3.08. The molecule has 1 aliphatic carbocycles. The number of carbonyl (C=O) groups is 2. The fourth-order valence-corrected chi connectivity index (χ4v) is 6.18. The van der Waals surface area contributed by atoms with E-state index in [0.29, 0.717) is 6.42 Å². The minimum absolute atomic E-state index is 0.0986. The van der Waals surface area contributed by atoms with E-state index in [1.54, 1.807) is 0 Å². The van der Waals surface area contributed by atoms with Gasteiger partial charge in [-0.1, -0.05) is 61.4 Å². The lowest BCUT2D eigenvalue weighted by Crippen LogP contribution is -2.64. The first-order valence-corrected chi connectivity index (χ1v) is 12.0. The Morgan fingerprint density at radius 1 is 0.938 bits per heavy atom.